The summed E-state index contributed by atoms with van der Waals surface area (Å²) >= 11 is 1.70. The lowest BCUT2D eigenvalue weighted by Crippen LogP contribution is -2.12. The van der Waals surface area contributed by atoms with Crippen LogP contribution in [0.3, 0.4) is 0 Å². The normalized spacial score (nSPS) is 19.1. The van der Waals surface area contributed by atoms with Crippen LogP contribution in [0.5, 0.6) is 5.75 Å². The Hall–Kier alpha value is -2.60. The number of hydrogen-bond donors (Lipinski definition) is 1. The number of fused-ring (bicyclic) bond motifs is 1. The highest BCUT2D eigenvalue weighted by molar-refractivity contribution is 7.10. The van der Waals surface area contributed by atoms with Crippen LogP contribution >= 0.6 is 11.3 Å². The predicted molar refractivity (Wildman–Crippen MR) is 95.0 cm³/mol. The number of carboxylic acid groups (broad SMARTS) is 1. The van der Waals surface area contributed by atoms with Crippen LogP contribution in [0, 0.1) is 0 Å². The number of carbonyl (C=O) groups is 1. The summed E-state index contributed by atoms with van der Waals surface area (Å²) in [6.07, 6.45) is 0.919. The van der Waals surface area contributed by atoms with Gasteiger partial charge in [-0.1, -0.05) is 6.07 Å². The zero-order valence-electron chi connectivity index (χ0n) is 13.5. The van der Waals surface area contributed by atoms with Crippen molar-refractivity contribution < 1.29 is 19.1 Å². The van der Waals surface area contributed by atoms with Crippen molar-refractivity contribution >= 4 is 28.3 Å². The summed E-state index contributed by atoms with van der Waals surface area (Å²) in [5.74, 6) is 0.167. The molecule has 128 valence electrons. The van der Waals surface area contributed by atoms with E-state index in [2.05, 4.69) is 6.07 Å². The maximum Gasteiger partial charge on any atom is 0.335 e. The first-order chi connectivity index (χ1) is 12.1. The average molecular weight is 356 g/mol. The predicted octanol–water partition coefficient (Wildman–Crippen LogP) is 4.22. The molecule has 2 aromatic heterocycles. The third-order valence-electron chi connectivity index (χ3n) is 4.45. The third kappa shape index (κ3) is 2.72. The second-order valence-electron chi connectivity index (χ2n) is 6.04. The van der Waals surface area contributed by atoms with Crippen molar-refractivity contribution in [3.05, 3.63) is 62.1 Å². The van der Waals surface area contributed by atoms with E-state index in [1.54, 1.807) is 17.4 Å². The lowest BCUT2D eigenvalue weighted by molar-refractivity contribution is 0.0697. The number of aromatic carboxylic acids is 1. The Morgan fingerprint density at radius 1 is 1.36 bits per heavy atom. The van der Waals surface area contributed by atoms with Crippen molar-refractivity contribution in [1.82, 2.24) is 0 Å². The molecule has 1 aliphatic rings. The van der Waals surface area contributed by atoms with Crippen LogP contribution in [-0.2, 0) is 0 Å². The molecule has 25 heavy (non-hydrogen) atoms. The summed E-state index contributed by atoms with van der Waals surface area (Å²) < 4.78 is 11.6. The van der Waals surface area contributed by atoms with Crippen molar-refractivity contribution in [3.63, 3.8) is 0 Å². The molecular weight excluding hydrogens is 340 g/mol. The van der Waals surface area contributed by atoms with Crippen LogP contribution in [0.15, 0.2) is 44.9 Å². The summed E-state index contributed by atoms with van der Waals surface area (Å²) in [7, 11) is 0. The van der Waals surface area contributed by atoms with Crippen molar-refractivity contribution in [2.24, 2.45) is 0 Å². The summed E-state index contributed by atoms with van der Waals surface area (Å²) in [6.45, 7) is 2.16. The molecule has 2 heterocycles. The van der Waals surface area contributed by atoms with Gasteiger partial charge in [0.25, 0.3) is 0 Å². The summed E-state index contributed by atoms with van der Waals surface area (Å²) in [5, 5.41) is 11.4. The fraction of sp³-hybridized carbons (Fsp3) is 0.263. The molecule has 0 spiro atoms. The van der Waals surface area contributed by atoms with E-state index < -0.39 is 5.97 Å². The Labute approximate surface area is 147 Å². The van der Waals surface area contributed by atoms with Gasteiger partial charge in [-0.3, -0.25) is 4.79 Å². The van der Waals surface area contributed by atoms with E-state index in [-0.39, 0.29) is 28.0 Å². The number of carboxylic acids is 1. The topological polar surface area (TPSA) is 76.7 Å². The Kier molecular flexibility index (Phi) is 3.84. The van der Waals surface area contributed by atoms with Gasteiger partial charge in [-0.15, -0.1) is 11.3 Å². The SMILES string of the molecule is CCOc1c(C2CC2c2cccs2)oc2ccc(C(=O)O)cc2c1=O. The second-order valence-corrected chi connectivity index (χ2v) is 7.02. The van der Waals surface area contributed by atoms with Crippen LogP contribution in [0.1, 0.15) is 46.2 Å². The number of rotatable bonds is 5. The van der Waals surface area contributed by atoms with Gasteiger partial charge < -0.3 is 14.3 Å². The van der Waals surface area contributed by atoms with Crippen molar-refractivity contribution in [2.75, 3.05) is 6.61 Å². The van der Waals surface area contributed by atoms with Gasteiger partial charge >= 0.3 is 5.97 Å². The molecule has 0 amide bonds. The van der Waals surface area contributed by atoms with Crippen LogP contribution < -0.4 is 10.2 Å². The Morgan fingerprint density at radius 3 is 2.88 bits per heavy atom. The van der Waals surface area contributed by atoms with Crippen molar-refractivity contribution in [2.45, 2.75) is 25.2 Å². The van der Waals surface area contributed by atoms with E-state index in [4.69, 9.17) is 14.3 Å². The van der Waals surface area contributed by atoms with Gasteiger partial charge in [-0.25, -0.2) is 4.79 Å². The van der Waals surface area contributed by atoms with Gasteiger partial charge in [-0.05, 0) is 43.0 Å². The molecule has 2 atom stereocenters. The summed E-state index contributed by atoms with van der Waals surface area (Å²) in [5.41, 5.74) is 0.140. The molecule has 0 saturated heterocycles. The van der Waals surface area contributed by atoms with E-state index >= 15 is 0 Å². The van der Waals surface area contributed by atoms with E-state index in [9.17, 15) is 9.59 Å². The molecule has 1 fully saturated rings. The van der Waals surface area contributed by atoms with Gasteiger partial charge in [0.1, 0.15) is 5.58 Å². The molecule has 6 heteroatoms. The first-order valence-corrected chi connectivity index (χ1v) is 8.98. The van der Waals surface area contributed by atoms with Gasteiger partial charge in [0.05, 0.1) is 17.6 Å². The Morgan fingerprint density at radius 2 is 2.20 bits per heavy atom. The summed E-state index contributed by atoms with van der Waals surface area (Å²) in [4.78, 5) is 25.3. The molecule has 0 bridgehead atoms. The standard InChI is InChI=1S/C19H16O5S/c1-2-23-18-16(20)13-8-10(19(21)22)5-6-14(13)24-17(18)12-9-11(12)15-4-3-7-25-15/h3-8,11-12H,2,9H2,1H3,(H,21,22). The van der Waals surface area contributed by atoms with Gasteiger partial charge in [0.15, 0.2) is 5.76 Å². The lowest BCUT2D eigenvalue weighted by Gasteiger charge is -2.10. The number of thiophene rings is 1. The minimum absolute atomic E-state index is 0.0536. The molecule has 4 rings (SSSR count). The monoisotopic (exact) mass is 356 g/mol. The molecule has 0 aliphatic heterocycles. The van der Waals surface area contributed by atoms with Crippen LogP contribution in [0.25, 0.3) is 11.0 Å². The van der Waals surface area contributed by atoms with E-state index in [0.717, 1.165) is 6.42 Å². The minimum Gasteiger partial charge on any atom is -0.487 e. The largest absolute Gasteiger partial charge is 0.487 e. The van der Waals surface area contributed by atoms with Crippen molar-refractivity contribution in [3.8, 4) is 5.75 Å². The van der Waals surface area contributed by atoms with Gasteiger partial charge in [0.2, 0.25) is 11.2 Å². The third-order valence-corrected chi connectivity index (χ3v) is 5.45. The Balaban J connectivity index is 1.84. The van der Waals surface area contributed by atoms with Crippen LogP contribution in [0.2, 0.25) is 0 Å². The number of hydrogen-bond acceptors (Lipinski definition) is 5. The molecule has 1 aromatic carbocycles. The van der Waals surface area contributed by atoms with E-state index in [1.165, 1.54) is 17.0 Å². The second kappa shape index (κ2) is 6.04. The maximum absolute atomic E-state index is 12.9. The quantitative estimate of drug-likeness (QED) is 0.740. The fourth-order valence-corrected chi connectivity index (χ4v) is 4.06. The van der Waals surface area contributed by atoms with Crippen LogP contribution in [0.4, 0.5) is 0 Å². The molecular formula is C19H16O5S. The smallest absolute Gasteiger partial charge is 0.335 e. The lowest BCUT2D eigenvalue weighted by atomic mass is 10.1. The maximum atomic E-state index is 12.9. The summed E-state index contributed by atoms with van der Waals surface area (Å²) in [6, 6.07) is 8.44. The number of ether oxygens (including phenoxy) is 1. The highest BCUT2D eigenvalue weighted by atomic mass is 32.1. The highest BCUT2D eigenvalue weighted by Gasteiger charge is 2.44. The van der Waals surface area contributed by atoms with Crippen LogP contribution in [-0.4, -0.2) is 17.7 Å². The number of benzene rings is 1. The van der Waals surface area contributed by atoms with Gasteiger partial charge in [0, 0.05) is 16.7 Å². The molecule has 5 nitrogen and oxygen atoms in total. The zero-order valence-corrected chi connectivity index (χ0v) is 14.3. The molecule has 2 unspecified atom stereocenters. The van der Waals surface area contributed by atoms with Crippen molar-refractivity contribution in [1.29, 1.82) is 0 Å². The highest BCUT2D eigenvalue weighted by Crippen LogP contribution is 2.57. The molecule has 3 aromatic rings. The molecule has 0 radical (unpaired) electrons. The first-order valence-electron chi connectivity index (χ1n) is 8.10. The van der Waals surface area contributed by atoms with E-state index in [0.29, 0.717) is 23.9 Å². The molecule has 1 N–H and O–H groups in total. The molecule has 1 aliphatic carbocycles. The average Bonchev–Trinajstić information content (AvgIpc) is 3.21. The molecule has 1 saturated carbocycles. The first kappa shape index (κ1) is 15.9. The zero-order chi connectivity index (χ0) is 17.6. The Bertz CT molecular complexity index is 1000. The van der Waals surface area contributed by atoms with E-state index in [1.807, 2.05) is 18.4 Å². The van der Waals surface area contributed by atoms with Gasteiger partial charge in [-0.2, -0.15) is 0 Å². The fourth-order valence-electron chi connectivity index (χ4n) is 3.16. The minimum atomic E-state index is -1.08.